The first kappa shape index (κ1) is 15.0. The molecule has 7 heteroatoms. The number of rotatable bonds is 3. The second-order valence-electron chi connectivity index (χ2n) is 5.87. The number of benzene rings is 1. The molecule has 0 N–H and O–H groups in total. The lowest BCUT2D eigenvalue weighted by Gasteiger charge is -2.25. The molecule has 1 fully saturated rings. The fourth-order valence-electron chi connectivity index (χ4n) is 3.17. The molecule has 1 saturated heterocycles. The van der Waals surface area contributed by atoms with Gasteiger partial charge in [-0.2, -0.15) is 5.10 Å². The van der Waals surface area contributed by atoms with Crippen LogP contribution < -0.4 is 5.56 Å². The molecule has 1 aromatic carbocycles. The number of thiazole rings is 1. The highest BCUT2D eigenvalue weighted by atomic mass is 32.1. The third kappa shape index (κ3) is 2.71. The van der Waals surface area contributed by atoms with Crippen molar-refractivity contribution in [3.05, 3.63) is 58.0 Å². The van der Waals surface area contributed by atoms with Crippen molar-refractivity contribution >= 4 is 27.5 Å². The van der Waals surface area contributed by atoms with E-state index in [0.717, 1.165) is 23.1 Å². The van der Waals surface area contributed by atoms with Crippen LogP contribution in [0.25, 0.3) is 10.2 Å². The maximum absolute atomic E-state index is 12.9. The van der Waals surface area contributed by atoms with Gasteiger partial charge in [-0.25, -0.2) is 9.67 Å². The molecule has 0 aliphatic carbocycles. The minimum Gasteiger partial charge on any atom is -0.334 e. The van der Waals surface area contributed by atoms with Crippen LogP contribution in [-0.4, -0.2) is 38.2 Å². The van der Waals surface area contributed by atoms with Crippen molar-refractivity contribution in [2.75, 3.05) is 6.54 Å². The maximum atomic E-state index is 12.9. The van der Waals surface area contributed by atoms with Gasteiger partial charge in [-0.1, -0.05) is 0 Å². The standard InChI is InChI=1S/C17H16N4O2S/c22-16-4-1-7-19-21(16)10-13-3-2-8-20(13)17(23)12-5-6-14-15(9-12)24-11-18-14/h1,4-7,9,11,13H,2-3,8,10H2. The monoisotopic (exact) mass is 340 g/mol. The van der Waals surface area contributed by atoms with Crippen LogP contribution in [-0.2, 0) is 6.54 Å². The van der Waals surface area contributed by atoms with Crippen molar-refractivity contribution in [2.45, 2.75) is 25.4 Å². The van der Waals surface area contributed by atoms with Crippen LogP contribution in [0.2, 0.25) is 0 Å². The summed E-state index contributed by atoms with van der Waals surface area (Å²) in [7, 11) is 0. The van der Waals surface area contributed by atoms with Gasteiger partial charge < -0.3 is 4.90 Å². The second kappa shape index (κ2) is 6.16. The molecule has 0 saturated carbocycles. The Hall–Kier alpha value is -2.54. The van der Waals surface area contributed by atoms with E-state index in [-0.39, 0.29) is 17.5 Å². The summed E-state index contributed by atoms with van der Waals surface area (Å²) in [4.78, 5) is 30.9. The Morgan fingerprint density at radius 3 is 3.12 bits per heavy atom. The summed E-state index contributed by atoms with van der Waals surface area (Å²) in [5, 5.41) is 4.10. The molecule has 24 heavy (non-hydrogen) atoms. The van der Waals surface area contributed by atoms with E-state index in [2.05, 4.69) is 10.1 Å². The number of nitrogens with zero attached hydrogens (tertiary/aromatic N) is 4. The molecule has 122 valence electrons. The fraction of sp³-hybridized carbons (Fsp3) is 0.294. The summed E-state index contributed by atoms with van der Waals surface area (Å²) in [6.45, 7) is 1.15. The fourth-order valence-corrected chi connectivity index (χ4v) is 3.89. The van der Waals surface area contributed by atoms with E-state index in [1.807, 2.05) is 23.1 Å². The van der Waals surface area contributed by atoms with E-state index in [9.17, 15) is 9.59 Å². The first-order valence-electron chi connectivity index (χ1n) is 7.89. The predicted octanol–water partition coefficient (Wildman–Crippen LogP) is 2.16. The van der Waals surface area contributed by atoms with Gasteiger partial charge in [0.05, 0.1) is 28.3 Å². The minimum absolute atomic E-state index is 0.00209. The second-order valence-corrected chi connectivity index (χ2v) is 6.76. The molecule has 0 spiro atoms. The minimum atomic E-state index is -0.136. The van der Waals surface area contributed by atoms with Crippen molar-refractivity contribution in [1.82, 2.24) is 19.7 Å². The lowest BCUT2D eigenvalue weighted by Crippen LogP contribution is -2.40. The van der Waals surface area contributed by atoms with Gasteiger partial charge in [-0.15, -0.1) is 11.3 Å². The Morgan fingerprint density at radius 1 is 1.33 bits per heavy atom. The summed E-state index contributed by atoms with van der Waals surface area (Å²) < 4.78 is 2.44. The van der Waals surface area contributed by atoms with E-state index < -0.39 is 0 Å². The maximum Gasteiger partial charge on any atom is 0.266 e. The number of fused-ring (bicyclic) bond motifs is 1. The Labute approximate surface area is 142 Å². The number of likely N-dealkylation sites (tertiary alicyclic amines) is 1. The molecule has 2 aromatic heterocycles. The van der Waals surface area contributed by atoms with Crippen molar-refractivity contribution in [3.8, 4) is 0 Å². The van der Waals surface area contributed by atoms with Crippen LogP contribution in [0.1, 0.15) is 23.2 Å². The summed E-state index contributed by atoms with van der Waals surface area (Å²) in [5.41, 5.74) is 3.23. The van der Waals surface area contributed by atoms with Crippen molar-refractivity contribution in [3.63, 3.8) is 0 Å². The summed E-state index contributed by atoms with van der Waals surface area (Å²) >= 11 is 1.53. The van der Waals surface area contributed by atoms with Crippen molar-refractivity contribution in [1.29, 1.82) is 0 Å². The zero-order valence-electron chi connectivity index (χ0n) is 13.0. The van der Waals surface area contributed by atoms with Crippen LogP contribution >= 0.6 is 11.3 Å². The Bertz CT molecular complexity index is 949. The molecule has 1 atom stereocenters. The van der Waals surface area contributed by atoms with Gasteiger partial charge >= 0.3 is 0 Å². The lowest BCUT2D eigenvalue weighted by atomic mass is 10.1. The number of hydrogen-bond acceptors (Lipinski definition) is 5. The van der Waals surface area contributed by atoms with Crippen LogP contribution in [0.4, 0.5) is 0 Å². The van der Waals surface area contributed by atoms with Crippen LogP contribution in [0, 0.1) is 0 Å². The molecule has 6 nitrogen and oxygen atoms in total. The van der Waals surface area contributed by atoms with E-state index >= 15 is 0 Å². The van der Waals surface area contributed by atoms with Crippen LogP contribution in [0.3, 0.4) is 0 Å². The molecule has 0 bridgehead atoms. The number of hydrogen-bond donors (Lipinski definition) is 0. The highest BCUT2D eigenvalue weighted by Gasteiger charge is 2.30. The largest absolute Gasteiger partial charge is 0.334 e. The Kier molecular flexibility index (Phi) is 3.86. The average molecular weight is 340 g/mol. The van der Waals surface area contributed by atoms with E-state index in [0.29, 0.717) is 18.7 Å². The van der Waals surface area contributed by atoms with Crippen molar-refractivity contribution in [2.24, 2.45) is 0 Å². The molecular formula is C17H16N4O2S. The lowest BCUT2D eigenvalue weighted by molar-refractivity contribution is 0.0720. The molecular weight excluding hydrogens is 324 g/mol. The Morgan fingerprint density at radius 2 is 2.25 bits per heavy atom. The summed E-state index contributed by atoms with van der Waals surface area (Å²) in [6.07, 6.45) is 3.43. The van der Waals surface area contributed by atoms with E-state index in [4.69, 9.17) is 0 Å². The van der Waals surface area contributed by atoms with Crippen LogP contribution in [0.15, 0.2) is 46.8 Å². The van der Waals surface area contributed by atoms with Gasteiger partial charge in [0, 0.05) is 24.4 Å². The normalized spacial score (nSPS) is 17.5. The van der Waals surface area contributed by atoms with Gasteiger partial charge in [-0.05, 0) is 37.1 Å². The zero-order valence-corrected chi connectivity index (χ0v) is 13.8. The van der Waals surface area contributed by atoms with Gasteiger partial charge in [0.2, 0.25) is 0 Å². The molecule has 1 unspecified atom stereocenters. The molecule has 1 amide bonds. The number of aromatic nitrogens is 3. The average Bonchev–Trinajstić information content (AvgIpc) is 3.24. The molecule has 3 heterocycles. The highest BCUT2D eigenvalue weighted by Crippen LogP contribution is 2.24. The van der Waals surface area contributed by atoms with Gasteiger partial charge in [0.1, 0.15) is 0 Å². The first-order valence-corrected chi connectivity index (χ1v) is 8.77. The quantitative estimate of drug-likeness (QED) is 0.733. The van der Waals surface area contributed by atoms with E-state index in [1.54, 1.807) is 17.8 Å². The third-order valence-corrected chi connectivity index (χ3v) is 5.18. The third-order valence-electron chi connectivity index (χ3n) is 4.39. The van der Waals surface area contributed by atoms with Gasteiger partial charge in [-0.3, -0.25) is 9.59 Å². The predicted molar refractivity (Wildman–Crippen MR) is 92.2 cm³/mol. The SMILES string of the molecule is O=C(c1ccc2ncsc2c1)N1CCCC1Cn1ncccc1=O. The highest BCUT2D eigenvalue weighted by molar-refractivity contribution is 7.16. The smallest absolute Gasteiger partial charge is 0.266 e. The van der Waals surface area contributed by atoms with E-state index in [1.165, 1.54) is 22.1 Å². The molecule has 1 aliphatic rings. The molecule has 0 radical (unpaired) electrons. The topological polar surface area (TPSA) is 68.1 Å². The molecule has 3 aromatic rings. The number of amides is 1. The summed E-state index contributed by atoms with van der Waals surface area (Å²) in [6, 6.07) is 8.73. The number of carbonyl (C=O) groups is 1. The summed E-state index contributed by atoms with van der Waals surface area (Å²) in [5.74, 6) is 0.0109. The zero-order chi connectivity index (χ0) is 16.5. The molecule has 4 rings (SSSR count). The molecule has 1 aliphatic heterocycles. The van der Waals surface area contributed by atoms with Gasteiger partial charge in [0.25, 0.3) is 11.5 Å². The van der Waals surface area contributed by atoms with Gasteiger partial charge in [0.15, 0.2) is 0 Å². The number of carbonyl (C=O) groups excluding carboxylic acids is 1. The Balaban J connectivity index is 1.58. The van der Waals surface area contributed by atoms with Crippen molar-refractivity contribution < 1.29 is 4.79 Å². The van der Waals surface area contributed by atoms with Crippen LogP contribution in [0.5, 0.6) is 0 Å². The first-order chi connectivity index (χ1) is 11.7.